The maximum Gasteiger partial charge on any atom is 0.417 e. The van der Waals surface area contributed by atoms with Crippen LogP contribution in [0.25, 0.3) is 0 Å². The minimum absolute atomic E-state index is 0.129. The molecular formula is C25H37F6NO. The summed E-state index contributed by atoms with van der Waals surface area (Å²) in [6.07, 6.45) is 6.39. The Morgan fingerprint density at radius 3 is 1.58 bits per heavy atom. The van der Waals surface area contributed by atoms with Gasteiger partial charge in [-0.1, -0.05) is 90.4 Å². The maximum absolute atomic E-state index is 13.1. The number of amides is 1. The van der Waals surface area contributed by atoms with E-state index in [4.69, 9.17) is 0 Å². The van der Waals surface area contributed by atoms with Crippen LogP contribution in [0.15, 0.2) is 18.2 Å². The lowest BCUT2D eigenvalue weighted by atomic mass is 10.0. The summed E-state index contributed by atoms with van der Waals surface area (Å²) in [6.45, 7) is 2.34. The van der Waals surface area contributed by atoms with Crippen LogP contribution < -0.4 is 5.32 Å². The van der Waals surface area contributed by atoms with E-state index in [1.807, 2.05) is 0 Å². The lowest BCUT2D eigenvalue weighted by Gasteiger charge is -2.15. The van der Waals surface area contributed by atoms with Gasteiger partial charge in [-0.15, -0.1) is 0 Å². The highest BCUT2D eigenvalue weighted by Gasteiger charge is 2.38. The molecule has 0 aliphatic rings. The molecule has 0 unspecified atom stereocenters. The Morgan fingerprint density at radius 2 is 1.15 bits per heavy atom. The second-order valence-electron chi connectivity index (χ2n) is 8.61. The molecule has 0 heterocycles. The lowest BCUT2D eigenvalue weighted by molar-refractivity contribution is -0.141. The van der Waals surface area contributed by atoms with Crippen molar-refractivity contribution in [2.24, 2.45) is 0 Å². The number of unbranched alkanes of at least 4 members (excludes halogenated alkanes) is 13. The van der Waals surface area contributed by atoms with E-state index in [-0.39, 0.29) is 12.6 Å². The van der Waals surface area contributed by atoms with E-state index in [0.717, 1.165) is 25.7 Å². The molecule has 190 valence electrons. The molecule has 1 rings (SSSR count). The molecule has 1 aromatic rings. The number of hydrogen-bond acceptors (Lipinski definition) is 1. The molecule has 0 aliphatic heterocycles. The normalized spacial score (nSPS) is 12.2. The molecule has 0 atom stereocenters. The first-order valence-corrected chi connectivity index (χ1v) is 12.1. The summed E-state index contributed by atoms with van der Waals surface area (Å²) in [5.41, 5.74) is -3.64. The molecule has 0 aromatic heterocycles. The van der Waals surface area contributed by atoms with Crippen LogP contribution in [0.4, 0.5) is 26.3 Å². The third-order valence-electron chi connectivity index (χ3n) is 5.71. The van der Waals surface area contributed by atoms with Gasteiger partial charge in [0.15, 0.2) is 0 Å². The van der Waals surface area contributed by atoms with Gasteiger partial charge >= 0.3 is 12.4 Å². The molecule has 0 bridgehead atoms. The first kappa shape index (κ1) is 29.3. The van der Waals surface area contributed by atoms with E-state index >= 15 is 0 Å². The molecule has 1 amide bonds. The van der Waals surface area contributed by atoms with E-state index in [1.54, 1.807) is 0 Å². The summed E-state index contributed by atoms with van der Waals surface area (Å²) >= 11 is 0. The van der Waals surface area contributed by atoms with Gasteiger partial charge in [-0.2, -0.15) is 26.3 Å². The zero-order valence-electron chi connectivity index (χ0n) is 19.5. The maximum atomic E-state index is 13.1. The summed E-state index contributed by atoms with van der Waals surface area (Å²) in [6, 6.07) is 0.917. The van der Waals surface area contributed by atoms with Crippen molar-refractivity contribution in [2.75, 3.05) is 6.54 Å². The Morgan fingerprint density at radius 1 is 0.697 bits per heavy atom. The van der Waals surface area contributed by atoms with Crippen molar-refractivity contribution in [2.45, 2.75) is 109 Å². The molecule has 0 saturated heterocycles. The minimum atomic E-state index is -4.91. The second-order valence-corrected chi connectivity index (χ2v) is 8.61. The Labute approximate surface area is 193 Å². The summed E-state index contributed by atoms with van der Waals surface area (Å²) in [5.74, 6) is -1.14. The van der Waals surface area contributed by atoms with Crippen LogP contribution in [-0.4, -0.2) is 12.5 Å². The highest BCUT2D eigenvalue weighted by atomic mass is 19.4. The molecule has 2 nitrogen and oxygen atoms in total. The smallest absolute Gasteiger partial charge is 0.352 e. The van der Waals surface area contributed by atoms with E-state index < -0.39 is 35.0 Å². The fourth-order valence-corrected chi connectivity index (χ4v) is 3.77. The molecule has 0 fully saturated rings. The lowest BCUT2D eigenvalue weighted by Crippen LogP contribution is -2.27. The number of rotatable bonds is 16. The molecule has 0 radical (unpaired) electrons. The summed E-state index contributed by atoms with van der Waals surface area (Å²) in [5, 5.41) is 2.33. The van der Waals surface area contributed by atoms with Crippen LogP contribution in [0.1, 0.15) is 118 Å². The van der Waals surface area contributed by atoms with Gasteiger partial charge in [-0.3, -0.25) is 4.79 Å². The average molecular weight is 482 g/mol. The quantitative estimate of drug-likeness (QED) is 0.185. The SMILES string of the molecule is CCCCCCCCCCCCCCCCNC(=O)c1cc(C(F)(F)F)ccc1C(F)(F)F. The van der Waals surface area contributed by atoms with Gasteiger partial charge in [-0.05, 0) is 24.6 Å². The third-order valence-corrected chi connectivity index (χ3v) is 5.71. The van der Waals surface area contributed by atoms with Crippen LogP contribution in [0.3, 0.4) is 0 Å². The molecular weight excluding hydrogens is 444 g/mol. The molecule has 1 aromatic carbocycles. The van der Waals surface area contributed by atoms with Crippen molar-refractivity contribution < 1.29 is 31.1 Å². The van der Waals surface area contributed by atoms with Crippen molar-refractivity contribution >= 4 is 5.91 Å². The van der Waals surface area contributed by atoms with E-state index in [0.29, 0.717) is 18.6 Å². The van der Waals surface area contributed by atoms with Crippen LogP contribution in [-0.2, 0) is 12.4 Å². The number of benzene rings is 1. The highest BCUT2D eigenvalue weighted by Crippen LogP contribution is 2.36. The number of nitrogens with one attached hydrogen (secondary N) is 1. The number of alkyl halides is 6. The molecule has 0 saturated carbocycles. The number of carbonyl (C=O) groups excluding carboxylic acids is 1. The summed E-state index contributed by atoms with van der Waals surface area (Å²) in [4.78, 5) is 12.1. The topological polar surface area (TPSA) is 29.1 Å². The minimum Gasteiger partial charge on any atom is -0.352 e. The van der Waals surface area contributed by atoms with Gasteiger partial charge in [-0.25, -0.2) is 0 Å². The van der Waals surface area contributed by atoms with Gasteiger partial charge in [0.05, 0.1) is 16.7 Å². The molecule has 1 N–H and O–H groups in total. The van der Waals surface area contributed by atoms with Crippen molar-refractivity contribution in [3.05, 3.63) is 34.9 Å². The fourth-order valence-electron chi connectivity index (χ4n) is 3.77. The average Bonchev–Trinajstić information content (AvgIpc) is 2.74. The Kier molecular flexibility index (Phi) is 13.5. The van der Waals surface area contributed by atoms with E-state index in [9.17, 15) is 31.1 Å². The van der Waals surface area contributed by atoms with Crippen molar-refractivity contribution in [1.82, 2.24) is 5.32 Å². The Bertz CT molecular complexity index is 684. The fraction of sp³-hybridized carbons (Fsp3) is 0.720. The number of halogens is 6. The van der Waals surface area contributed by atoms with Gasteiger partial charge in [0.25, 0.3) is 5.91 Å². The van der Waals surface area contributed by atoms with E-state index in [1.165, 1.54) is 57.8 Å². The van der Waals surface area contributed by atoms with Crippen LogP contribution in [0.5, 0.6) is 0 Å². The third kappa shape index (κ3) is 12.3. The first-order valence-electron chi connectivity index (χ1n) is 12.1. The van der Waals surface area contributed by atoms with Crippen molar-refractivity contribution in [1.29, 1.82) is 0 Å². The van der Waals surface area contributed by atoms with Crippen molar-refractivity contribution in [3.63, 3.8) is 0 Å². The zero-order valence-corrected chi connectivity index (χ0v) is 19.5. The predicted molar refractivity (Wildman–Crippen MR) is 119 cm³/mol. The van der Waals surface area contributed by atoms with Gasteiger partial charge in [0, 0.05) is 6.54 Å². The largest absolute Gasteiger partial charge is 0.417 e. The van der Waals surface area contributed by atoms with Gasteiger partial charge in [0.1, 0.15) is 0 Å². The molecule has 0 aliphatic carbocycles. The van der Waals surface area contributed by atoms with E-state index in [2.05, 4.69) is 12.2 Å². The van der Waals surface area contributed by atoms with Crippen LogP contribution >= 0.6 is 0 Å². The molecule has 0 spiro atoms. The number of carbonyl (C=O) groups is 1. The zero-order chi connectivity index (χ0) is 24.7. The highest BCUT2D eigenvalue weighted by molar-refractivity contribution is 5.96. The van der Waals surface area contributed by atoms with Gasteiger partial charge in [0.2, 0.25) is 0 Å². The molecule has 33 heavy (non-hydrogen) atoms. The summed E-state index contributed by atoms with van der Waals surface area (Å²) < 4.78 is 77.8. The van der Waals surface area contributed by atoms with Crippen LogP contribution in [0, 0.1) is 0 Å². The van der Waals surface area contributed by atoms with Crippen LogP contribution in [0.2, 0.25) is 0 Å². The Balaban J connectivity index is 2.24. The number of hydrogen-bond donors (Lipinski definition) is 1. The molecule has 8 heteroatoms. The van der Waals surface area contributed by atoms with Crippen molar-refractivity contribution in [3.8, 4) is 0 Å². The standard InChI is InChI=1S/C25H37F6NO/c1-2-3-4-5-6-7-8-9-10-11-12-13-14-15-18-32-23(33)21-19-20(24(26,27)28)16-17-22(21)25(29,30)31/h16-17,19H,2-15,18H2,1H3,(H,32,33). The second kappa shape index (κ2) is 15.2. The summed E-state index contributed by atoms with van der Waals surface area (Å²) in [7, 11) is 0. The monoisotopic (exact) mass is 481 g/mol. The Hall–Kier alpha value is -1.73. The predicted octanol–water partition coefficient (Wildman–Crippen LogP) is 8.94. The van der Waals surface area contributed by atoms with Gasteiger partial charge < -0.3 is 5.32 Å². The first-order chi connectivity index (χ1) is 15.6.